The van der Waals surface area contributed by atoms with E-state index in [1.807, 2.05) is 13.0 Å². The van der Waals surface area contributed by atoms with Crippen LogP contribution in [0.3, 0.4) is 0 Å². The van der Waals surface area contributed by atoms with Gasteiger partial charge in [0.1, 0.15) is 11.3 Å². The fourth-order valence-electron chi connectivity index (χ4n) is 4.84. The number of nitrogens with zero attached hydrogens (tertiary/aromatic N) is 4. The molecular formula is C25H31F3N6O4. The monoisotopic (exact) mass is 536 g/mol. The van der Waals surface area contributed by atoms with Crippen molar-refractivity contribution in [1.29, 1.82) is 0 Å². The average molecular weight is 537 g/mol. The second-order valence-electron chi connectivity index (χ2n) is 9.41. The van der Waals surface area contributed by atoms with Crippen LogP contribution in [-0.4, -0.2) is 65.7 Å². The Hall–Kier alpha value is -3.77. The first-order chi connectivity index (χ1) is 18.1. The Morgan fingerprint density at radius 2 is 1.84 bits per heavy atom. The molecular weight excluding hydrogens is 505 g/mol. The number of benzene rings is 1. The average Bonchev–Trinajstić information content (AvgIpc) is 2.89. The van der Waals surface area contributed by atoms with Gasteiger partial charge >= 0.3 is 12.2 Å². The molecule has 1 aliphatic heterocycles. The van der Waals surface area contributed by atoms with Crippen LogP contribution in [0.4, 0.5) is 35.0 Å². The van der Waals surface area contributed by atoms with E-state index in [0.29, 0.717) is 64.2 Å². The number of nitro benzene ring substituents is 1. The first-order valence-corrected chi connectivity index (χ1v) is 12.7. The number of piperazine rings is 1. The van der Waals surface area contributed by atoms with Crippen molar-refractivity contribution in [2.75, 3.05) is 42.9 Å². The second-order valence-corrected chi connectivity index (χ2v) is 9.41. The summed E-state index contributed by atoms with van der Waals surface area (Å²) in [5.74, 6) is 0.648. The summed E-state index contributed by atoms with van der Waals surface area (Å²) in [7, 11) is 0. The summed E-state index contributed by atoms with van der Waals surface area (Å²) in [5, 5.41) is 16.9. The Kier molecular flexibility index (Phi) is 8.42. The molecule has 13 heteroatoms. The molecule has 0 unspecified atom stereocenters. The Bertz CT molecular complexity index is 1130. The van der Waals surface area contributed by atoms with Gasteiger partial charge in [0, 0.05) is 56.6 Å². The molecule has 2 heterocycles. The number of aromatic nitrogens is 1. The minimum absolute atomic E-state index is 0.0534. The van der Waals surface area contributed by atoms with Crippen molar-refractivity contribution in [3.8, 4) is 5.75 Å². The van der Waals surface area contributed by atoms with Gasteiger partial charge < -0.3 is 25.2 Å². The number of urea groups is 1. The SMILES string of the molecule is CCNC(=O)N1CCN(c2cncc(OC3CCC(Nc4ccc([N+](=O)[O-])c(C(F)(F)F)c4)CC3)c2)CC1. The summed E-state index contributed by atoms with van der Waals surface area (Å²) in [6.45, 7) is 5.10. The van der Waals surface area contributed by atoms with Crippen molar-refractivity contribution < 1.29 is 27.6 Å². The van der Waals surface area contributed by atoms with E-state index < -0.39 is 22.4 Å². The van der Waals surface area contributed by atoms with Crippen LogP contribution in [0.25, 0.3) is 0 Å². The van der Waals surface area contributed by atoms with Crippen molar-refractivity contribution in [2.45, 2.75) is 50.9 Å². The van der Waals surface area contributed by atoms with E-state index >= 15 is 0 Å². The molecule has 2 aromatic rings. The molecule has 2 amide bonds. The van der Waals surface area contributed by atoms with Crippen LogP contribution >= 0.6 is 0 Å². The summed E-state index contributed by atoms with van der Waals surface area (Å²) in [6.07, 6.45) is 1.32. The number of ether oxygens (including phenoxy) is 1. The largest absolute Gasteiger partial charge is 0.489 e. The molecule has 0 atom stereocenters. The summed E-state index contributed by atoms with van der Waals surface area (Å²) in [4.78, 5) is 30.2. The molecule has 1 saturated carbocycles. The third-order valence-corrected chi connectivity index (χ3v) is 6.81. The van der Waals surface area contributed by atoms with E-state index in [9.17, 15) is 28.1 Å². The van der Waals surface area contributed by atoms with E-state index in [1.54, 1.807) is 17.3 Å². The molecule has 2 N–H and O–H groups in total. The molecule has 2 aliphatic rings. The molecule has 0 spiro atoms. The Balaban J connectivity index is 1.29. The zero-order valence-corrected chi connectivity index (χ0v) is 21.0. The summed E-state index contributed by atoms with van der Waals surface area (Å²) in [5.41, 5.74) is -1.09. The van der Waals surface area contributed by atoms with Crippen LogP contribution < -0.4 is 20.3 Å². The van der Waals surface area contributed by atoms with Crippen molar-refractivity contribution in [3.05, 3.63) is 52.3 Å². The first kappa shape index (κ1) is 27.3. The van der Waals surface area contributed by atoms with E-state index in [1.165, 1.54) is 6.07 Å². The number of nitro groups is 1. The first-order valence-electron chi connectivity index (χ1n) is 12.7. The topological polar surface area (TPSA) is 113 Å². The van der Waals surface area contributed by atoms with Crippen LogP contribution in [0.5, 0.6) is 5.75 Å². The predicted molar refractivity (Wildman–Crippen MR) is 135 cm³/mol. The molecule has 10 nitrogen and oxygen atoms in total. The molecule has 2 fully saturated rings. The van der Waals surface area contributed by atoms with Crippen LogP contribution in [0.15, 0.2) is 36.7 Å². The maximum Gasteiger partial charge on any atom is 0.423 e. The van der Waals surface area contributed by atoms with Gasteiger partial charge in [-0.1, -0.05) is 0 Å². The highest BCUT2D eigenvalue weighted by Crippen LogP contribution is 2.38. The van der Waals surface area contributed by atoms with Gasteiger partial charge in [0.05, 0.1) is 29.1 Å². The third-order valence-electron chi connectivity index (χ3n) is 6.81. The molecule has 1 aromatic carbocycles. The smallest absolute Gasteiger partial charge is 0.423 e. The lowest BCUT2D eigenvalue weighted by atomic mass is 9.92. The van der Waals surface area contributed by atoms with Gasteiger partial charge in [-0.3, -0.25) is 15.1 Å². The van der Waals surface area contributed by atoms with E-state index in [4.69, 9.17) is 4.74 Å². The Morgan fingerprint density at radius 3 is 2.47 bits per heavy atom. The van der Waals surface area contributed by atoms with Crippen molar-refractivity contribution >= 4 is 23.1 Å². The van der Waals surface area contributed by atoms with Crippen LogP contribution in [0, 0.1) is 10.1 Å². The van der Waals surface area contributed by atoms with Crippen LogP contribution in [0.2, 0.25) is 0 Å². The highest BCUT2D eigenvalue weighted by atomic mass is 19.4. The van der Waals surface area contributed by atoms with Crippen LogP contribution in [0.1, 0.15) is 38.2 Å². The minimum atomic E-state index is -4.81. The summed E-state index contributed by atoms with van der Waals surface area (Å²) >= 11 is 0. The normalized spacial score (nSPS) is 20.1. The Morgan fingerprint density at radius 1 is 1.13 bits per heavy atom. The standard InChI is InChI=1S/C25H31F3N6O4/c1-2-30-24(35)33-11-9-32(10-12-33)19-14-21(16-29-15-19)38-20-6-3-17(4-7-20)31-18-5-8-23(34(36)37)22(13-18)25(26,27)28/h5,8,13-17,20,31H,2-4,6-7,9-12H2,1H3,(H,30,35). The third kappa shape index (κ3) is 6.75. The predicted octanol–water partition coefficient (Wildman–Crippen LogP) is 4.66. The molecule has 38 heavy (non-hydrogen) atoms. The second kappa shape index (κ2) is 11.7. The van der Waals surface area contributed by atoms with Crippen molar-refractivity contribution in [2.24, 2.45) is 0 Å². The zero-order valence-electron chi connectivity index (χ0n) is 21.0. The maximum absolute atomic E-state index is 13.3. The van der Waals surface area contributed by atoms with Gasteiger partial charge in [0.15, 0.2) is 0 Å². The van der Waals surface area contributed by atoms with Crippen molar-refractivity contribution in [3.63, 3.8) is 0 Å². The maximum atomic E-state index is 13.3. The van der Waals surface area contributed by atoms with Gasteiger partial charge in [0.25, 0.3) is 5.69 Å². The van der Waals surface area contributed by atoms with E-state index in [2.05, 4.69) is 20.5 Å². The fraction of sp³-hybridized carbons (Fsp3) is 0.520. The molecule has 0 bridgehead atoms. The van der Waals surface area contributed by atoms with Gasteiger partial charge in [-0.25, -0.2) is 4.79 Å². The molecule has 1 aromatic heterocycles. The van der Waals surface area contributed by atoms with Gasteiger partial charge in [-0.15, -0.1) is 0 Å². The number of nitrogens with one attached hydrogen (secondary N) is 2. The lowest BCUT2D eigenvalue weighted by Crippen LogP contribution is -2.51. The number of rotatable bonds is 7. The van der Waals surface area contributed by atoms with Gasteiger partial charge in [-0.05, 0) is 44.7 Å². The van der Waals surface area contributed by atoms with Crippen molar-refractivity contribution in [1.82, 2.24) is 15.2 Å². The number of carbonyl (C=O) groups excluding carboxylic acids is 1. The number of amides is 2. The minimum Gasteiger partial charge on any atom is -0.489 e. The lowest BCUT2D eigenvalue weighted by Gasteiger charge is -2.36. The van der Waals surface area contributed by atoms with Gasteiger partial charge in [0.2, 0.25) is 0 Å². The van der Waals surface area contributed by atoms with Gasteiger partial charge in [-0.2, -0.15) is 13.2 Å². The number of pyridine rings is 1. The summed E-state index contributed by atoms with van der Waals surface area (Å²) in [6, 6.07) is 4.82. The van der Waals surface area contributed by atoms with E-state index in [-0.39, 0.29) is 23.9 Å². The number of hydrogen-bond donors (Lipinski definition) is 2. The summed E-state index contributed by atoms with van der Waals surface area (Å²) < 4.78 is 46.0. The van der Waals surface area contributed by atoms with E-state index in [0.717, 1.165) is 17.8 Å². The van der Waals surface area contributed by atoms with Crippen LogP contribution in [-0.2, 0) is 6.18 Å². The number of anilines is 2. The molecule has 0 radical (unpaired) electrons. The number of hydrogen-bond acceptors (Lipinski definition) is 7. The Labute approximate surface area is 218 Å². The highest BCUT2D eigenvalue weighted by molar-refractivity contribution is 5.74. The number of alkyl halides is 3. The molecule has 1 saturated heterocycles. The fourth-order valence-corrected chi connectivity index (χ4v) is 4.84. The molecule has 206 valence electrons. The molecule has 4 rings (SSSR count). The number of halogens is 3. The quantitative estimate of drug-likeness (QED) is 0.391. The highest BCUT2D eigenvalue weighted by Gasteiger charge is 2.38. The lowest BCUT2D eigenvalue weighted by molar-refractivity contribution is -0.388. The molecule has 1 aliphatic carbocycles. The zero-order chi connectivity index (χ0) is 27.3. The number of carbonyl (C=O) groups is 1.